The molecular weight excluding hydrogens is 367 g/mol. The van der Waals surface area contributed by atoms with Gasteiger partial charge in [-0.3, -0.25) is 0 Å². The first-order valence-corrected chi connectivity index (χ1v) is 8.99. The van der Waals surface area contributed by atoms with E-state index >= 15 is 0 Å². The number of likely N-dealkylation sites (tertiary alicyclic amines) is 1. The molecule has 2 aliphatic rings. The van der Waals surface area contributed by atoms with Gasteiger partial charge in [-0.1, -0.05) is 11.6 Å². The second-order valence-electron chi connectivity index (χ2n) is 6.89. The molecule has 2 fully saturated rings. The number of urea groups is 1. The summed E-state index contributed by atoms with van der Waals surface area (Å²) in [6.07, 6.45) is -2.64. The maximum Gasteiger partial charge on any atom is 0.391 e. The van der Waals surface area contributed by atoms with Gasteiger partial charge in [-0.2, -0.15) is 18.4 Å². The molecule has 1 aromatic rings. The number of nitriles is 1. The first kappa shape index (κ1) is 18.8. The summed E-state index contributed by atoms with van der Waals surface area (Å²) in [4.78, 5) is 13.7. The van der Waals surface area contributed by atoms with Gasteiger partial charge >= 0.3 is 12.2 Å². The van der Waals surface area contributed by atoms with Crippen LogP contribution in [0.3, 0.4) is 0 Å². The first-order chi connectivity index (χ1) is 12.3. The number of nitrogens with zero attached hydrogens (tertiary/aromatic N) is 2. The second kappa shape index (κ2) is 7.36. The smallest absolute Gasteiger partial charge is 0.325 e. The lowest BCUT2D eigenvalue weighted by molar-refractivity contribution is -0.183. The minimum atomic E-state index is -4.20. The molecule has 1 heterocycles. The average Bonchev–Trinajstić information content (AvgIpc) is 2.56. The quantitative estimate of drug-likeness (QED) is 0.764. The standard InChI is InChI=1S/C18H19ClF3N3O/c19-16-4-2-13(9-15(16)14-3-1-11(14)10-23)24-17(26)25-7-5-12(6-8-25)18(20,21)22/h2,4,9,11-12,14H,1,3,5-8H2,(H,24,26). The number of rotatable bonds is 2. The number of nitrogens with one attached hydrogen (secondary N) is 1. The van der Waals surface area contributed by atoms with Gasteiger partial charge in [0.05, 0.1) is 17.9 Å². The van der Waals surface area contributed by atoms with Gasteiger partial charge in [0, 0.05) is 29.7 Å². The number of hydrogen-bond donors (Lipinski definition) is 1. The normalized spacial score (nSPS) is 23.9. The van der Waals surface area contributed by atoms with E-state index < -0.39 is 18.1 Å². The number of carbonyl (C=O) groups excluding carboxylic acids is 1. The lowest BCUT2D eigenvalue weighted by Gasteiger charge is -2.34. The van der Waals surface area contributed by atoms with Crippen molar-refractivity contribution >= 4 is 23.3 Å². The van der Waals surface area contributed by atoms with Crippen LogP contribution in [0.5, 0.6) is 0 Å². The predicted molar refractivity (Wildman–Crippen MR) is 91.9 cm³/mol. The molecule has 1 aromatic carbocycles. The van der Waals surface area contributed by atoms with Crippen molar-refractivity contribution in [3.8, 4) is 6.07 Å². The molecule has 140 valence electrons. The second-order valence-corrected chi connectivity index (χ2v) is 7.30. The van der Waals surface area contributed by atoms with Crippen molar-refractivity contribution in [2.75, 3.05) is 18.4 Å². The Kier molecular flexibility index (Phi) is 5.33. The maximum atomic E-state index is 12.7. The summed E-state index contributed by atoms with van der Waals surface area (Å²) in [6, 6.07) is 6.94. The molecular formula is C18H19ClF3N3O. The van der Waals surface area contributed by atoms with Crippen molar-refractivity contribution in [3.05, 3.63) is 28.8 Å². The molecule has 1 aliphatic carbocycles. The van der Waals surface area contributed by atoms with E-state index in [2.05, 4.69) is 11.4 Å². The summed E-state index contributed by atoms with van der Waals surface area (Å²) in [7, 11) is 0. The Hall–Kier alpha value is -1.94. The highest BCUT2D eigenvalue weighted by atomic mass is 35.5. The molecule has 3 rings (SSSR count). The molecule has 2 unspecified atom stereocenters. The molecule has 0 radical (unpaired) electrons. The summed E-state index contributed by atoms with van der Waals surface area (Å²) in [5, 5.41) is 12.4. The van der Waals surface area contributed by atoms with Crippen LogP contribution in [0.25, 0.3) is 0 Å². The van der Waals surface area contributed by atoms with Crippen molar-refractivity contribution < 1.29 is 18.0 Å². The van der Waals surface area contributed by atoms with E-state index in [1.165, 1.54) is 4.90 Å². The monoisotopic (exact) mass is 385 g/mol. The van der Waals surface area contributed by atoms with Gasteiger partial charge in [-0.05, 0) is 49.4 Å². The zero-order valence-electron chi connectivity index (χ0n) is 14.0. The van der Waals surface area contributed by atoms with Crippen molar-refractivity contribution in [2.45, 2.75) is 37.8 Å². The third-order valence-corrected chi connectivity index (χ3v) is 5.68. The largest absolute Gasteiger partial charge is 0.391 e. The molecule has 2 atom stereocenters. The van der Waals surface area contributed by atoms with Gasteiger partial charge in [0.25, 0.3) is 0 Å². The van der Waals surface area contributed by atoms with Crippen LogP contribution in [0, 0.1) is 23.2 Å². The van der Waals surface area contributed by atoms with Gasteiger partial charge in [-0.25, -0.2) is 4.79 Å². The molecule has 0 aromatic heterocycles. The third-order valence-electron chi connectivity index (χ3n) is 5.33. The number of piperidine rings is 1. The van der Waals surface area contributed by atoms with E-state index in [9.17, 15) is 18.0 Å². The number of alkyl halides is 3. The van der Waals surface area contributed by atoms with E-state index in [1.807, 2.05) is 0 Å². The van der Waals surface area contributed by atoms with E-state index in [0.29, 0.717) is 10.7 Å². The Balaban J connectivity index is 1.63. The molecule has 1 saturated carbocycles. The minimum Gasteiger partial charge on any atom is -0.325 e. The van der Waals surface area contributed by atoms with Gasteiger partial charge in [0.15, 0.2) is 0 Å². The number of halogens is 4. The molecule has 0 bridgehead atoms. The fraction of sp³-hybridized carbons (Fsp3) is 0.556. The highest BCUT2D eigenvalue weighted by Crippen LogP contribution is 2.45. The van der Waals surface area contributed by atoms with E-state index in [-0.39, 0.29) is 37.8 Å². The third kappa shape index (κ3) is 3.90. The van der Waals surface area contributed by atoms with Crippen molar-refractivity contribution in [3.63, 3.8) is 0 Å². The van der Waals surface area contributed by atoms with Crippen LogP contribution in [0.15, 0.2) is 18.2 Å². The summed E-state index contributed by atoms with van der Waals surface area (Å²) in [5.41, 5.74) is 1.37. The molecule has 1 aliphatic heterocycles. The highest BCUT2D eigenvalue weighted by Gasteiger charge is 2.41. The Morgan fingerprint density at radius 2 is 1.92 bits per heavy atom. The Morgan fingerprint density at radius 1 is 1.23 bits per heavy atom. The van der Waals surface area contributed by atoms with Gasteiger partial charge in [0.1, 0.15) is 0 Å². The maximum absolute atomic E-state index is 12.7. The number of amides is 2. The summed E-state index contributed by atoms with van der Waals surface area (Å²) >= 11 is 6.23. The number of anilines is 1. The Morgan fingerprint density at radius 3 is 2.46 bits per heavy atom. The van der Waals surface area contributed by atoms with Crippen LogP contribution in [-0.4, -0.2) is 30.2 Å². The number of carbonyl (C=O) groups is 1. The summed E-state index contributed by atoms with van der Waals surface area (Å²) < 4.78 is 38.2. The fourth-order valence-corrected chi connectivity index (χ4v) is 3.80. The van der Waals surface area contributed by atoms with E-state index in [0.717, 1.165) is 18.4 Å². The molecule has 1 N–H and O–H groups in total. The van der Waals surface area contributed by atoms with Crippen molar-refractivity contribution in [1.29, 1.82) is 5.26 Å². The average molecular weight is 386 g/mol. The first-order valence-electron chi connectivity index (χ1n) is 8.61. The zero-order valence-corrected chi connectivity index (χ0v) is 14.8. The van der Waals surface area contributed by atoms with Crippen molar-refractivity contribution in [1.82, 2.24) is 4.90 Å². The van der Waals surface area contributed by atoms with Crippen LogP contribution < -0.4 is 5.32 Å². The van der Waals surface area contributed by atoms with Gasteiger partial charge in [0.2, 0.25) is 0 Å². The molecule has 4 nitrogen and oxygen atoms in total. The zero-order chi connectivity index (χ0) is 18.9. The number of benzene rings is 1. The van der Waals surface area contributed by atoms with Crippen LogP contribution in [0.1, 0.15) is 37.2 Å². The lowest BCUT2D eigenvalue weighted by Crippen LogP contribution is -2.44. The van der Waals surface area contributed by atoms with Crippen LogP contribution in [-0.2, 0) is 0 Å². The predicted octanol–water partition coefficient (Wildman–Crippen LogP) is 5.16. The SMILES string of the molecule is N#CC1CCC1c1cc(NC(=O)N2CCC(C(F)(F)F)CC2)ccc1Cl. The van der Waals surface area contributed by atoms with Crippen molar-refractivity contribution in [2.24, 2.45) is 11.8 Å². The molecule has 2 amide bonds. The van der Waals surface area contributed by atoms with E-state index in [4.69, 9.17) is 16.9 Å². The minimum absolute atomic E-state index is 0.0619. The van der Waals surface area contributed by atoms with Gasteiger partial charge in [-0.15, -0.1) is 0 Å². The summed E-state index contributed by atoms with van der Waals surface area (Å²) in [5.74, 6) is -1.35. The molecule has 8 heteroatoms. The Labute approximate surface area is 154 Å². The molecule has 1 saturated heterocycles. The topological polar surface area (TPSA) is 56.1 Å². The molecule has 26 heavy (non-hydrogen) atoms. The van der Waals surface area contributed by atoms with Crippen LogP contribution in [0.4, 0.5) is 23.7 Å². The molecule has 0 spiro atoms. The van der Waals surface area contributed by atoms with Gasteiger partial charge < -0.3 is 10.2 Å². The van der Waals surface area contributed by atoms with Crippen LogP contribution in [0.2, 0.25) is 5.02 Å². The fourth-order valence-electron chi connectivity index (χ4n) is 3.54. The van der Waals surface area contributed by atoms with Crippen LogP contribution >= 0.6 is 11.6 Å². The Bertz CT molecular complexity index is 723. The highest BCUT2D eigenvalue weighted by molar-refractivity contribution is 6.31. The summed E-state index contributed by atoms with van der Waals surface area (Å²) in [6.45, 7) is 0.158. The van der Waals surface area contributed by atoms with E-state index in [1.54, 1.807) is 18.2 Å². The number of hydrogen-bond acceptors (Lipinski definition) is 2. The lowest BCUT2D eigenvalue weighted by atomic mass is 9.71.